The fourth-order valence-electron chi connectivity index (χ4n) is 2.87. The number of benzene rings is 2. The van der Waals surface area contributed by atoms with Crippen molar-refractivity contribution in [3.05, 3.63) is 95.8 Å². The predicted molar refractivity (Wildman–Crippen MR) is 99.7 cm³/mol. The second-order valence-electron chi connectivity index (χ2n) is 5.85. The van der Waals surface area contributed by atoms with Crippen LogP contribution in [0.15, 0.2) is 79.1 Å². The summed E-state index contributed by atoms with van der Waals surface area (Å²) in [5.41, 5.74) is 4.14. The molecule has 0 aliphatic heterocycles. The fourth-order valence-corrected chi connectivity index (χ4v) is 2.87. The maximum Gasteiger partial charge on any atom is 0.195 e. The van der Waals surface area contributed by atoms with Crippen molar-refractivity contribution in [3.8, 4) is 0 Å². The zero-order valence-electron chi connectivity index (χ0n) is 13.6. The van der Waals surface area contributed by atoms with Gasteiger partial charge in [-0.2, -0.15) is 0 Å². The highest BCUT2D eigenvalue weighted by atomic mass is 16.1. The number of pyridine rings is 1. The molecule has 4 nitrogen and oxygen atoms in total. The summed E-state index contributed by atoms with van der Waals surface area (Å²) in [6.07, 6.45) is 3.44. The lowest BCUT2D eigenvalue weighted by Gasteiger charge is -2.08. The first kappa shape index (κ1) is 15.1. The minimum Gasteiger partial charge on any atom is -0.381 e. The number of carbonyl (C=O) groups excluding carboxylic acids is 1. The predicted octanol–water partition coefficient (Wildman–Crippen LogP) is 4.41. The normalized spacial score (nSPS) is 10.7. The van der Waals surface area contributed by atoms with Gasteiger partial charge in [0.25, 0.3) is 0 Å². The van der Waals surface area contributed by atoms with Gasteiger partial charge in [0.1, 0.15) is 5.65 Å². The minimum absolute atomic E-state index is 0.0115. The van der Waals surface area contributed by atoms with Crippen LogP contribution in [0.25, 0.3) is 11.0 Å². The molecule has 2 heterocycles. The van der Waals surface area contributed by atoms with E-state index in [0.717, 1.165) is 23.3 Å². The molecular weight excluding hydrogens is 310 g/mol. The van der Waals surface area contributed by atoms with Crippen LogP contribution in [-0.4, -0.2) is 15.8 Å². The number of fused-ring (bicyclic) bond motifs is 1. The molecule has 122 valence electrons. The van der Waals surface area contributed by atoms with E-state index in [9.17, 15) is 4.79 Å². The minimum atomic E-state index is -0.0115. The van der Waals surface area contributed by atoms with Crippen LogP contribution in [-0.2, 0) is 6.54 Å². The Bertz CT molecular complexity index is 1020. The molecule has 0 spiro atoms. The molecule has 0 bridgehead atoms. The molecule has 0 unspecified atom stereocenters. The molecule has 0 atom stereocenters. The van der Waals surface area contributed by atoms with Gasteiger partial charge in [-0.15, -0.1) is 0 Å². The average molecular weight is 327 g/mol. The third-order valence-electron chi connectivity index (χ3n) is 4.16. The summed E-state index contributed by atoms with van der Waals surface area (Å²) in [4.78, 5) is 20.2. The first-order chi connectivity index (χ1) is 12.3. The average Bonchev–Trinajstić information content (AvgIpc) is 3.11. The largest absolute Gasteiger partial charge is 0.381 e. The Hall–Kier alpha value is -3.40. The van der Waals surface area contributed by atoms with Gasteiger partial charge in [0, 0.05) is 41.1 Å². The number of aromatic amines is 1. The van der Waals surface area contributed by atoms with Crippen molar-refractivity contribution in [3.63, 3.8) is 0 Å². The topological polar surface area (TPSA) is 57.8 Å². The summed E-state index contributed by atoms with van der Waals surface area (Å²) in [5.74, 6) is -0.0115. The van der Waals surface area contributed by atoms with E-state index in [-0.39, 0.29) is 5.78 Å². The molecule has 2 aromatic carbocycles. The standard InChI is InChI=1S/C21H17N3O/c25-20(19-14-24-21-18(19)10-5-11-22-21)16-8-4-9-17(12-16)23-13-15-6-2-1-3-7-15/h1-12,14,23H,13H2,(H,22,24). The van der Waals surface area contributed by atoms with E-state index < -0.39 is 0 Å². The molecule has 4 aromatic rings. The van der Waals surface area contributed by atoms with Crippen molar-refractivity contribution < 1.29 is 4.79 Å². The number of nitrogens with zero attached hydrogens (tertiary/aromatic N) is 1. The fraction of sp³-hybridized carbons (Fsp3) is 0.0476. The lowest BCUT2D eigenvalue weighted by atomic mass is 10.0. The van der Waals surface area contributed by atoms with Crippen LogP contribution < -0.4 is 5.32 Å². The van der Waals surface area contributed by atoms with Crippen LogP contribution in [0.4, 0.5) is 5.69 Å². The number of hydrogen-bond donors (Lipinski definition) is 2. The zero-order valence-corrected chi connectivity index (χ0v) is 13.6. The van der Waals surface area contributed by atoms with Gasteiger partial charge in [-0.05, 0) is 29.8 Å². The van der Waals surface area contributed by atoms with Gasteiger partial charge in [-0.25, -0.2) is 4.98 Å². The molecule has 4 rings (SSSR count). The second kappa shape index (κ2) is 6.61. The van der Waals surface area contributed by atoms with Crippen LogP contribution >= 0.6 is 0 Å². The summed E-state index contributed by atoms with van der Waals surface area (Å²) in [7, 11) is 0. The molecule has 4 heteroatoms. The number of carbonyl (C=O) groups is 1. The van der Waals surface area contributed by atoms with Gasteiger partial charge in [-0.1, -0.05) is 42.5 Å². The summed E-state index contributed by atoms with van der Waals surface area (Å²) < 4.78 is 0. The van der Waals surface area contributed by atoms with Crippen molar-refractivity contribution in [2.45, 2.75) is 6.54 Å². The van der Waals surface area contributed by atoms with E-state index in [1.54, 1.807) is 12.4 Å². The third-order valence-corrected chi connectivity index (χ3v) is 4.16. The Kier molecular flexibility index (Phi) is 4.01. The highest BCUT2D eigenvalue weighted by Gasteiger charge is 2.14. The molecular formula is C21H17N3O. The SMILES string of the molecule is O=C(c1cccc(NCc2ccccc2)c1)c1c[nH]c2ncccc12. The summed E-state index contributed by atoms with van der Waals surface area (Å²) in [6.45, 7) is 0.718. The smallest absolute Gasteiger partial charge is 0.195 e. The number of aromatic nitrogens is 2. The zero-order chi connectivity index (χ0) is 17.1. The Morgan fingerprint density at radius 3 is 2.76 bits per heavy atom. The molecule has 2 aromatic heterocycles. The lowest BCUT2D eigenvalue weighted by Crippen LogP contribution is -2.03. The molecule has 0 amide bonds. The maximum absolute atomic E-state index is 12.9. The number of anilines is 1. The Labute approximate surface area is 145 Å². The van der Waals surface area contributed by atoms with Crippen LogP contribution in [0, 0.1) is 0 Å². The number of H-pyrrole nitrogens is 1. The van der Waals surface area contributed by atoms with Crippen LogP contribution in [0.5, 0.6) is 0 Å². The lowest BCUT2D eigenvalue weighted by molar-refractivity contribution is 0.104. The number of nitrogens with one attached hydrogen (secondary N) is 2. The molecule has 0 saturated heterocycles. The van der Waals surface area contributed by atoms with E-state index in [1.165, 1.54) is 5.56 Å². The number of hydrogen-bond acceptors (Lipinski definition) is 3. The molecule has 0 radical (unpaired) electrons. The van der Waals surface area contributed by atoms with Crippen LogP contribution in [0.1, 0.15) is 21.5 Å². The highest BCUT2D eigenvalue weighted by molar-refractivity contribution is 6.16. The molecule has 2 N–H and O–H groups in total. The van der Waals surface area contributed by atoms with Gasteiger partial charge in [0.15, 0.2) is 5.78 Å². The number of ketones is 1. The third kappa shape index (κ3) is 3.15. The van der Waals surface area contributed by atoms with Crippen LogP contribution in [0.3, 0.4) is 0 Å². The highest BCUT2D eigenvalue weighted by Crippen LogP contribution is 2.21. The summed E-state index contributed by atoms with van der Waals surface area (Å²) in [5, 5.41) is 4.21. The molecule has 0 aliphatic rings. The Morgan fingerprint density at radius 1 is 1.00 bits per heavy atom. The molecule has 0 aliphatic carbocycles. The van der Waals surface area contributed by atoms with Gasteiger partial charge in [-0.3, -0.25) is 4.79 Å². The van der Waals surface area contributed by atoms with Gasteiger partial charge >= 0.3 is 0 Å². The van der Waals surface area contributed by atoms with Gasteiger partial charge < -0.3 is 10.3 Å². The monoisotopic (exact) mass is 327 g/mol. The van der Waals surface area contributed by atoms with Crippen molar-refractivity contribution in [2.75, 3.05) is 5.32 Å². The van der Waals surface area contributed by atoms with Crippen molar-refractivity contribution in [1.82, 2.24) is 9.97 Å². The maximum atomic E-state index is 12.9. The van der Waals surface area contributed by atoms with E-state index >= 15 is 0 Å². The van der Waals surface area contributed by atoms with Crippen molar-refractivity contribution in [1.29, 1.82) is 0 Å². The summed E-state index contributed by atoms with van der Waals surface area (Å²) >= 11 is 0. The van der Waals surface area contributed by atoms with Crippen molar-refractivity contribution in [2.24, 2.45) is 0 Å². The Morgan fingerprint density at radius 2 is 1.88 bits per heavy atom. The van der Waals surface area contributed by atoms with Gasteiger partial charge in [0.2, 0.25) is 0 Å². The number of rotatable bonds is 5. The van der Waals surface area contributed by atoms with E-state index in [1.807, 2.05) is 54.6 Å². The quantitative estimate of drug-likeness (QED) is 0.534. The Balaban J connectivity index is 1.57. The van der Waals surface area contributed by atoms with Crippen molar-refractivity contribution >= 4 is 22.5 Å². The first-order valence-electron chi connectivity index (χ1n) is 8.16. The van der Waals surface area contributed by atoms with E-state index in [0.29, 0.717) is 11.1 Å². The molecule has 0 saturated carbocycles. The molecule has 25 heavy (non-hydrogen) atoms. The van der Waals surface area contributed by atoms with E-state index in [2.05, 4.69) is 27.4 Å². The molecule has 0 fully saturated rings. The van der Waals surface area contributed by atoms with Gasteiger partial charge in [0.05, 0.1) is 0 Å². The van der Waals surface area contributed by atoms with E-state index in [4.69, 9.17) is 0 Å². The second-order valence-corrected chi connectivity index (χ2v) is 5.85. The van der Waals surface area contributed by atoms with Crippen LogP contribution in [0.2, 0.25) is 0 Å². The first-order valence-corrected chi connectivity index (χ1v) is 8.16. The summed E-state index contributed by atoms with van der Waals surface area (Å²) in [6, 6.07) is 21.5.